The summed E-state index contributed by atoms with van der Waals surface area (Å²) in [5, 5.41) is 6.72. The molecule has 1 aromatic rings. The minimum atomic E-state index is -0.182. The van der Waals surface area contributed by atoms with E-state index in [1.54, 1.807) is 7.11 Å². The van der Waals surface area contributed by atoms with Crippen LogP contribution in [0.25, 0.3) is 0 Å². The van der Waals surface area contributed by atoms with Gasteiger partial charge in [-0.1, -0.05) is 45.0 Å². The average molecular weight is 432 g/mol. The van der Waals surface area contributed by atoms with E-state index in [1.807, 2.05) is 0 Å². The molecule has 1 aliphatic heterocycles. The molecule has 31 heavy (non-hydrogen) atoms. The van der Waals surface area contributed by atoms with Gasteiger partial charge in [0.2, 0.25) is 5.91 Å². The van der Waals surface area contributed by atoms with Crippen molar-refractivity contribution in [2.75, 3.05) is 33.3 Å². The topological polar surface area (TPSA) is 92.0 Å². The van der Waals surface area contributed by atoms with E-state index in [1.165, 1.54) is 5.56 Å². The second-order valence-corrected chi connectivity index (χ2v) is 9.46. The molecule has 0 spiro atoms. The molecule has 1 saturated heterocycles. The molecule has 7 nitrogen and oxygen atoms in total. The third kappa shape index (κ3) is 8.50. The number of nitrogens with zero attached hydrogens (tertiary/aromatic N) is 2. The first-order valence-corrected chi connectivity index (χ1v) is 11.4. The number of rotatable bonds is 9. The smallest absolute Gasteiger partial charge is 0.221 e. The standard InChI is InChI=1S/C24H41N5O2/c1-6-26-23(28-15-21(31-5)24(2,3)4)27-14-18-9-7-10-19(13-18)16-29-12-8-11-20(17-29)22(25)30/h7,9-10,13,20-21H,6,8,11-12,14-17H2,1-5H3,(H2,25,30)(H2,26,27,28). The molecule has 1 heterocycles. The lowest BCUT2D eigenvalue weighted by molar-refractivity contribution is -0.123. The summed E-state index contributed by atoms with van der Waals surface area (Å²) in [6.07, 6.45) is 2.01. The van der Waals surface area contributed by atoms with Crippen LogP contribution in [-0.4, -0.2) is 56.2 Å². The quantitative estimate of drug-likeness (QED) is 0.413. The molecular weight excluding hydrogens is 390 g/mol. The number of benzene rings is 1. The number of hydrogen-bond donors (Lipinski definition) is 3. The van der Waals surface area contributed by atoms with Gasteiger partial charge < -0.3 is 21.1 Å². The number of guanidine groups is 1. The van der Waals surface area contributed by atoms with Gasteiger partial charge in [-0.3, -0.25) is 9.69 Å². The molecule has 0 aliphatic carbocycles. The number of nitrogens with two attached hydrogens (primary N) is 1. The Kier molecular flexibility index (Phi) is 9.78. The van der Waals surface area contributed by atoms with Crippen molar-refractivity contribution in [1.29, 1.82) is 0 Å². The van der Waals surface area contributed by atoms with Crippen molar-refractivity contribution in [1.82, 2.24) is 15.5 Å². The summed E-state index contributed by atoms with van der Waals surface area (Å²) in [7, 11) is 1.75. The lowest BCUT2D eigenvalue weighted by atomic mass is 9.89. The fraction of sp³-hybridized carbons (Fsp3) is 0.667. The van der Waals surface area contributed by atoms with E-state index in [9.17, 15) is 4.79 Å². The number of methoxy groups -OCH3 is 1. The summed E-state index contributed by atoms with van der Waals surface area (Å²) in [5.74, 6) is 0.581. The zero-order valence-corrected chi connectivity index (χ0v) is 19.9. The zero-order chi connectivity index (χ0) is 22.9. The van der Waals surface area contributed by atoms with Crippen molar-refractivity contribution in [2.45, 2.75) is 59.7 Å². The van der Waals surface area contributed by atoms with Gasteiger partial charge >= 0.3 is 0 Å². The summed E-state index contributed by atoms with van der Waals surface area (Å²) in [4.78, 5) is 18.6. The van der Waals surface area contributed by atoms with E-state index in [0.717, 1.165) is 50.5 Å². The van der Waals surface area contributed by atoms with Crippen LogP contribution in [0.5, 0.6) is 0 Å². The van der Waals surface area contributed by atoms with E-state index < -0.39 is 0 Å². The van der Waals surface area contributed by atoms with Crippen LogP contribution < -0.4 is 16.4 Å². The minimum absolute atomic E-state index is 0.0284. The molecule has 1 aromatic carbocycles. The van der Waals surface area contributed by atoms with Crippen LogP contribution in [0.1, 0.15) is 51.7 Å². The van der Waals surface area contributed by atoms with Crippen molar-refractivity contribution in [3.8, 4) is 0 Å². The van der Waals surface area contributed by atoms with Crippen LogP contribution in [0.15, 0.2) is 29.3 Å². The van der Waals surface area contributed by atoms with Gasteiger partial charge in [0.1, 0.15) is 0 Å². The Balaban J connectivity index is 1.97. The molecular formula is C24H41N5O2. The molecule has 2 unspecified atom stereocenters. The van der Waals surface area contributed by atoms with Crippen LogP contribution in [0, 0.1) is 11.3 Å². The molecule has 0 aromatic heterocycles. The molecule has 1 aliphatic rings. The number of nitrogens with one attached hydrogen (secondary N) is 2. The molecule has 2 rings (SSSR count). The largest absolute Gasteiger partial charge is 0.379 e. The number of likely N-dealkylation sites (tertiary alicyclic amines) is 1. The van der Waals surface area contributed by atoms with E-state index in [2.05, 4.69) is 67.5 Å². The Hall–Kier alpha value is -2.12. The van der Waals surface area contributed by atoms with Crippen LogP contribution in [0.4, 0.5) is 0 Å². The van der Waals surface area contributed by atoms with Gasteiger partial charge in [0.15, 0.2) is 5.96 Å². The number of carbonyl (C=O) groups excluding carboxylic acids is 1. The molecule has 1 amide bonds. The van der Waals surface area contributed by atoms with Crippen LogP contribution in [0.3, 0.4) is 0 Å². The second-order valence-electron chi connectivity index (χ2n) is 9.46. The number of carbonyl (C=O) groups is 1. The number of hydrogen-bond acceptors (Lipinski definition) is 4. The first-order valence-electron chi connectivity index (χ1n) is 11.4. The molecule has 4 N–H and O–H groups in total. The Morgan fingerprint density at radius 1 is 1.32 bits per heavy atom. The maximum absolute atomic E-state index is 11.5. The van der Waals surface area contributed by atoms with Gasteiger partial charge in [-0.25, -0.2) is 4.99 Å². The molecule has 2 atom stereocenters. The Labute approximate surface area is 187 Å². The molecule has 0 radical (unpaired) electrons. The number of amides is 1. The summed E-state index contributed by atoms with van der Waals surface area (Å²) >= 11 is 0. The lowest BCUT2D eigenvalue weighted by Gasteiger charge is -2.31. The number of piperidine rings is 1. The highest BCUT2D eigenvalue weighted by Crippen LogP contribution is 2.21. The third-order valence-corrected chi connectivity index (χ3v) is 5.77. The zero-order valence-electron chi connectivity index (χ0n) is 19.9. The third-order valence-electron chi connectivity index (χ3n) is 5.77. The highest BCUT2D eigenvalue weighted by molar-refractivity contribution is 5.79. The van der Waals surface area contributed by atoms with Crippen molar-refractivity contribution in [2.24, 2.45) is 22.1 Å². The van der Waals surface area contributed by atoms with E-state index >= 15 is 0 Å². The Morgan fingerprint density at radius 2 is 2.06 bits per heavy atom. The Morgan fingerprint density at radius 3 is 2.71 bits per heavy atom. The molecule has 0 bridgehead atoms. The van der Waals surface area contributed by atoms with Gasteiger partial charge in [-0.05, 0) is 42.9 Å². The van der Waals surface area contributed by atoms with E-state index in [4.69, 9.17) is 15.5 Å². The van der Waals surface area contributed by atoms with Crippen LogP contribution in [0.2, 0.25) is 0 Å². The summed E-state index contributed by atoms with van der Waals surface area (Å²) < 4.78 is 5.64. The predicted molar refractivity (Wildman–Crippen MR) is 127 cm³/mol. The van der Waals surface area contributed by atoms with Crippen molar-refractivity contribution in [3.05, 3.63) is 35.4 Å². The summed E-state index contributed by atoms with van der Waals surface area (Å²) in [6.45, 7) is 13.3. The van der Waals surface area contributed by atoms with Gasteiger partial charge in [0, 0.05) is 33.3 Å². The maximum atomic E-state index is 11.5. The van der Waals surface area contributed by atoms with E-state index in [0.29, 0.717) is 13.1 Å². The first-order chi connectivity index (χ1) is 14.7. The second kappa shape index (κ2) is 12.1. The van der Waals surface area contributed by atoms with Gasteiger partial charge in [-0.2, -0.15) is 0 Å². The minimum Gasteiger partial charge on any atom is -0.379 e. The fourth-order valence-electron chi connectivity index (χ4n) is 3.96. The normalized spacial score (nSPS) is 19.1. The lowest BCUT2D eigenvalue weighted by Crippen LogP contribution is -2.45. The SMILES string of the molecule is CCNC(=NCc1cccc(CN2CCCC(C(N)=O)C2)c1)NCC(OC)C(C)(C)C. The molecule has 0 saturated carbocycles. The van der Waals surface area contributed by atoms with Gasteiger partial charge in [0.25, 0.3) is 0 Å². The number of aliphatic imine (C=N–C) groups is 1. The summed E-state index contributed by atoms with van der Waals surface area (Å²) in [5.41, 5.74) is 7.97. The van der Waals surface area contributed by atoms with E-state index in [-0.39, 0.29) is 23.3 Å². The monoisotopic (exact) mass is 431 g/mol. The Bertz CT molecular complexity index is 729. The highest BCUT2D eigenvalue weighted by atomic mass is 16.5. The van der Waals surface area contributed by atoms with Crippen molar-refractivity contribution in [3.63, 3.8) is 0 Å². The average Bonchev–Trinajstić information content (AvgIpc) is 2.72. The molecule has 174 valence electrons. The van der Waals surface area contributed by atoms with Crippen LogP contribution in [-0.2, 0) is 22.6 Å². The fourth-order valence-corrected chi connectivity index (χ4v) is 3.96. The number of primary amides is 1. The molecule has 7 heteroatoms. The van der Waals surface area contributed by atoms with Gasteiger partial charge in [-0.15, -0.1) is 0 Å². The summed E-state index contributed by atoms with van der Waals surface area (Å²) in [6, 6.07) is 8.52. The highest BCUT2D eigenvalue weighted by Gasteiger charge is 2.25. The van der Waals surface area contributed by atoms with Crippen LogP contribution >= 0.6 is 0 Å². The van der Waals surface area contributed by atoms with Gasteiger partial charge in [0.05, 0.1) is 18.6 Å². The maximum Gasteiger partial charge on any atom is 0.221 e. The number of ether oxygens (including phenoxy) is 1. The first kappa shape index (κ1) is 25.1. The van der Waals surface area contributed by atoms with Crippen molar-refractivity contribution >= 4 is 11.9 Å². The predicted octanol–water partition coefficient (Wildman–Crippen LogP) is 2.50. The molecule has 1 fully saturated rings. The van der Waals surface area contributed by atoms with Crippen molar-refractivity contribution < 1.29 is 9.53 Å².